The first-order chi connectivity index (χ1) is 9.11. The van der Waals surface area contributed by atoms with Crippen LogP contribution in [-0.4, -0.2) is 22.7 Å². The number of nitrogens with zero attached hydrogens (tertiary/aromatic N) is 1. The van der Waals surface area contributed by atoms with Crippen molar-refractivity contribution in [2.24, 2.45) is 0 Å². The fraction of sp³-hybridized carbons (Fsp3) is 0.571. The third-order valence-electron chi connectivity index (χ3n) is 2.76. The molecule has 0 spiro atoms. The summed E-state index contributed by atoms with van der Waals surface area (Å²) in [4.78, 5) is 15.9. The van der Waals surface area contributed by atoms with Gasteiger partial charge in [0.25, 0.3) is 0 Å². The Labute approximate surface area is 119 Å². The molecule has 0 bridgehead atoms. The zero-order valence-electron chi connectivity index (χ0n) is 11.7. The summed E-state index contributed by atoms with van der Waals surface area (Å²) in [7, 11) is 0. The number of hydrogen-bond acceptors (Lipinski definition) is 4. The van der Waals surface area contributed by atoms with Crippen molar-refractivity contribution >= 4 is 23.4 Å². The first-order valence-corrected chi connectivity index (χ1v) is 7.74. The van der Waals surface area contributed by atoms with Crippen LogP contribution in [-0.2, 0) is 4.79 Å². The molecule has 1 heterocycles. The lowest BCUT2D eigenvalue weighted by atomic mass is 10.1. The molecular weight excluding hydrogens is 258 g/mol. The highest BCUT2D eigenvalue weighted by Gasteiger charge is 2.08. The fourth-order valence-corrected chi connectivity index (χ4v) is 2.36. The van der Waals surface area contributed by atoms with Gasteiger partial charge in [0.1, 0.15) is 0 Å². The molecule has 0 saturated carbocycles. The Hall–Kier alpha value is -1.23. The Kier molecular flexibility index (Phi) is 7.33. The summed E-state index contributed by atoms with van der Waals surface area (Å²) in [6.45, 7) is 4.24. The molecule has 0 aliphatic carbocycles. The third kappa shape index (κ3) is 7.06. The number of anilines is 1. The van der Waals surface area contributed by atoms with Crippen LogP contribution in [0.1, 0.15) is 39.5 Å². The highest BCUT2D eigenvalue weighted by molar-refractivity contribution is 7.99. The molecule has 1 aromatic heterocycles. The summed E-state index contributed by atoms with van der Waals surface area (Å²) >= 11 is 1.43. The number of nitrogens with one attached hydrogen (secondary N) is 1. The van der Waals surface area contributed by atoms with E-state index in [1.165, 1.54) is 31.0 Å². The molecule has 1 atom stereocenters. The number of rotatable bonds is 8. The van der Waals surface area contributed by atoms with Crippen LogP contribution in [0.25, 0.3) is 0 Å². The highest BCUT2D eigenvalue weighted by atomic mass is 32.2. The first kappa shape index (κ1) is 15.8. The average Bonchev–Trinajstić information content (AvgIpc) is 2.38. The van der Waals surface area contributed by atoms with Gasteiger partial charge in [-0.3, -0.25) is 4.79 Å². The van der Waals surface area contributed by atoms with Crippen LogP contribution in [0.5, 0.6) is 0 Å². The van der Waals surface area contributed by atoms with Crippen molar-refractivity contribution in [3.63, 3.8) is 0 Å². The Morgan fingerprint density at radius 1 is 1.47 bits per heavy atom. The number of thioether (sulfide) groups is 1. The number of hydrogen-bond donors (Lipinski definition) is 2. The quantitative estimate of drug-likeness (QED) is 0.568. The SMILES string of the molecule is CCCCCC(C)NC(=O)CSc1ccc(N)cn1. The second-order valence-electron chi connectivity index (χ2n) is 4.68. The molecule has 4 nitrogen and oxygen atoms in total. The van der Waals surface area contributed by atoms with E-state index in [-0.39, 0.29) is 11.9 Å². The van der Waals surface area contributed by atoms with Crippen LogP contribution < -0.4 is 11.1 Å². The molecule has 1 amide bonds. The standard InChI is InChI=1S/C14H23N3OS/c1-3-4-5-6-11(2)17-13(18)10-19-14-8-7-12(15)9-16-14/h7-9,11H,3-6,10,15H2,1-2H3,(H,17,18). The van der Waals surface area contributed by atoms with Crippen LogP contribution in [0.15, 0.2) is 23.4 Å². The van der Waals surface area contributed by atoms with Crippen LogP contribution in [0.4, 0.5) is 5.69 Å². The minimum absolute atomic E-state index is 0.0626. The second kappa shape index (κ2) is 8.80. The maximum Gasteiger partial charge on any atom is 0.230 e. The molecule has 0 aliphatic rings. The number of nitrogens with two attached hydrogens (primary N) is 1. The van der Waals surface area contributed by atoms with E-state index in [2.05, 4.69) is 24.1 Å². The summed E-state index contributed by atoms with van der Waals surface area (Å²) in [5.74, 6) is 0.460. The molecule has 0 aliphatic heterocycles. The van der Waals surface area contributed by atoms with Crippen molar-refractivity contribution in [2.45, 2.75) is 50.6 Å². The van der Waals surface area contributed by atoms with Crippen LogP contribution in [0, 0.1) is 0 Å². The zero-order chi connectivity index (χ0) is 14.1. The Morgan fingerprint density at radius 2 is 2.26 bits per heavy atom. The summed E-state index contributed by atoms with van der Waals surface area (Å²) in [6, 6.07) is 3.87. The van der Waals surface area contributed by atoms with Crippen molar-refractivity contribution in [1.29, 1.82) is 0 Å². The van der Waals surface area contributed by atoms with E-state index in [1.54, 1.807) is 12.3 Å². The van der Waals surface area contributed by atoms with Gasteiger partial charge in [-0.15, -0.1) is 0 Å². The predicted octanol–water partition coefficient (Wildman–Crippen LogP) is 2.84. The number of amides is 1. The average molecular weight is 281 g/mol. The van der Waals surface area contributed by atoms with E-state index in [4.69, 9.17) is 5.73 Å². The van der Waals surface area contributed by atoms with Gasteiger partial charge in [0.05, 0.1) is 22.7 Å². The van der Waals surface area contributed by atoms with Gasteiger partial charge >= 0.3 is 0 Å². The number of pyridine rings is 1. The van der Waals surface area contributed by atoms with Crippen LogP contribution in [0.2, 0.25) is 0 Å². The predicted molar refractivity (Wildman–Crippen MR) is 81.1 cm³/mol. The first-order valence-electron chi connectivity index (χ1n) is 6.75. The summed E-state index contributed by atoms with van der Waals surface area (Å²) in [5.41, 5.74) is 6.19. The van der Waals surface area contributed by atoms with Gasteiger partial charge in [-0.1, -0.05) is 37.9 Å². The van der Waals surface area contributed by atoms with Gasteiger partial charge in [0, 0.05) is 6.04 Å². The van der Waals surface area contributed by atoms with Crippen LogP contribution >= 0.6 is 11.8 Å². The van der Waals surface area contributed by atoms with Gasteiger partial charge < -0.3 is 11.1 Å². The van der Waals surface area contributed by atoms with Crippen molar-refractivity contribution in [2.75, 3.05) is 11.5 Å². The molecule has 1 unspecified atom stereocenters. The molecule has 19 heavy (non-hydrogen) atoms. The van der Waals surface area contributed by atoms with E-state index < -0.39 is 0 Å². The lowest BCUT2D eigenvalue weighted by Crippen LogP contribution is -2.33. The Balaban J connectivity index is 2.22. The molecule has 1 aromatic rings. The summed E-state index contributed by atoms with van der Waals surface area (Å²) in [5, 5.41) is 3.83. The van der Waals surface area contributed by atoms with Gasteiger partial charge in [0.15, 0.2) is 0 Å². The van der Waals surface area contributed by atoms with Crippen LogP contribution in [0.3, 0.4) is 0 Å². The minimum atomic E-state index is 0.0626. The molecule has 0 fully saturated rings. The maximum atomic E-state index is 11.7. The number of carbonyl (C=O) groups excluding carboxylic acids is 1. The molecule has 106 valence electrons. The summed E-state index contributed by atoms with van der Waals surface area (Å²) < 4.78 is 0. The lowest BCUT2D eigenvalue weighted by molar-refractivity contribution is -0.119. The number of unbranched alkanes of at least 4 members (excludes halogenated alkanes) is 2. The van der Waals surface area contributed by atoms with E-state index >= 15 is 0 Å². The normalized spacial score (nSPS) is 12.1. The van der Waals surface area contributed by atoms with E-state index in [0.717, 1.165) is 11.4 Å². The van der Waals surface area contributed by atoms with Gasteiger partial charge in [-0.05, 0) is 25.5 Å². The zero-order valence-corrected chi connectivity index (χ0v) is 12.5. The second-order valence-corrected chi connectivity index (χ2v) is 5.68. The van der Waals surface area contributed by atoms with Crippen molar-refractivity contribution in [3.05, 3.63) is 18.3 Å². The van der Waals surface area contributed by atoms with Crippen molar-refractivity contribution in [1.82, 2.24) is 10.3 Å². The van der Waals surface area contributed by atoms with Crippen molar-refractivity contribution in [3.8, 4) is 0 Å². The molecular formula is C14H23N3OS. The monoisotopic (exact) mass is 281 g/mol. The number of aromatic nitrogens is 1. The highest BCUT2D eigenvalue weighted by Crippen LogP contribution is 2.15. The van der Waals surface area contributed by atoms with Gasteiger partial charge in [-0.2, -0.15) is 0 Å². The maximum absolute atomic E-state index is 11.7. The molecule has 5 heteroatoms. The Morgan fingerprint density at radius 3 is 2.89 bits per heavy atom. The lowest BCUT2D eigenvalue weighted by Gasteiger charge is -2.13. The van der Waals surface area contributed by atoms with E-state index in [9.17, 15) is 4.79 Å². The molecule has 0 aromatic carbocycles. The largest absolute Gasteiger partial charge is 0.397 e. The summed E-state index contributed by atoms with van der Waals surface area (Å²) in [6.07, 6.45) is 6.26. The van der Waals surface area contributed by atoms with E-state index in [1.807, 2.05) is 6.07 Å². The van der Waals surface area contributed by atoms with Gasteiger partial charge in [0.2, 0.25) is 5.91 Å². The number of carbonyl (C=O) groups is 1. The number of nitrogen functional groups attached to an aromatic ring is 1. The fourth-order valence-electron chi connectivity index (χ4n) is 1.71. The molecule has 1 rings (SSSR count). The molecule has 0 radical (unpaired) electrons. The van der Waals surface area contributed by atoms with Crippen molar-refractivity contribution < 1.29 is 4.79 Å². The van der Waals surface area contributed by atoms with Gasteiger partial charge in [-0.25, -0.2) is 4.98 Å². The molecule has 3 N–H and O–H groups in total. The smallest absolute Gasteiger partial charge is 0.230 e. The van der Waals surface area contributed by atoms with E-state index in [0.29, 0.717) is 11.4 Å². The Bertz CT molecular complexity index is 381. The molecule has 0 saturated heterocycles. The topological polar surface area (TPSA) is 68.0 Å². The minimum Gasteiger partial charge on any atom is -0.397 e. The third-order valence-corrected chi connectivity index (χ3v) is 3.70.